The highest BCUT2D eigenvalue weighted by molar-refractivity contribution is 5.69. The third-order valence-electron chi connectivity index (χ3n) is 2.23. The molecule has 1 rings (SSSR count). The molecule has 0 aliphatic carbocycles. The smallest absolute Gasteiger partial charge is 0.306 e. The minimum atomic E-state index is -0.146. The van der Waals surface area contributed by atoms with Gasteiger partial charge in [-0.25, -0.2) is 0 Å². The molecule has 2 heteroatoms. The van der Waals surface area contributed by atoms with Crippen molar-refractivity contribution in [2.24, 2.45) is 0 Å². The second kappa shape index (κ2) is 8.41. The lowest BCUT2D eigenvalue weighted by molar-refractivity contribution is -0.145. The molecule has 0 saturated heterocycles. The van der Waals surface area contributed by atoms with Gasteiger partial charge in [0.25, 0.3) is 0 Å². The van der Waals surface area contributed by atoms with E-state index in [9.17, 15) is 4.79 Å². The Morgan fingerprint density at radius 2 is 2.00 bits per heavy atom. The third kappa shape index (κ3) is 6.42. The van der Waals surface area contributed by atoms with Crippen LogP contribution in [0.15, 0.2) is 30.3 Å². The molecule has 90 valence electrons. The zero-order chi connectivity index (χ0) is 12.3. The summed E-state index contributed by atoms with van der Waals surface area (Å²) < 4.78 is 5.15. The molecular formula is C15H18O2. The highest BCUT2D eigenvalue weighted by atomic mass is 16.5. The van der Waals surface area contributed by atoms with Crippen molar-refractivity contribution in [3.8, 4) is 11.8 Å². The maximum atomic E-state index is 11.4. The van der Waals surface area contributed by atoms with Gasteiger partial charge >= 0.3 is 5.97 Å². The van der Waals surface area contributed by atoms with Crippen LogP contribution >= 0.6 is 0 Å². The number of unbranched alkanes of at least 4 members (excludes halogenated alkanes) is 1. The summed E-state index contributed by atoms with van der Waals surface area (Å²) >= 11 is 0. The number of esters is 1. The van der Waals surface area contributed by atoms with Gasteiger partial charge in [-0.15, -0.1) is 11.8 Å². The molecule has 0 atom stereocenters. The van der Waals surface area contributed by atoms with Crippen LogP contribution in [0.5, 0.6) is 0 Å². The number of benzene rings is 1. The van der Waals surface area contributed by atoms with Crippen LogP contribution in [0.2, 0.25) is 0 Å². The van der Waals surface area contributed by atoms with E-state index in [0.717, 1.165) is 24.8 Å². The Bertz CT molecular complexity index is 384. The molecule has 0 fully saturated rings. The summed E-state index contributed by atoms with van der Waals surface area (Å²) in [4.78, 5) is 11.4. The largest absolute Gasteiger partial charge is 0.461 e. The van der Waals surface area contributed by atoms with Gasteiger partial charge in [0.2, 0.25) is 0 Å². The van der Waals surface area contributed by atoms with E-state index in [0.29, 0.717) is 13.0 Å². The lowest BCUT2D eigenvalue weighted by Crippen LogP contribution is -2.03. The Hall–Kier alpha value is -1.75. The Labute approximate surface area is 103 Å². The van der Waals surface area contributed by atoms with Crippen molar-refractivity contribution in [1.82, 2.24) is 0 Å². The van der Waals surface area contributed by atoms with Gasteiger partial charge in [-0.2, -0.15) is 0 Å². The average Bonchev–Trinajstić information content (AvgIpc) is 2.37. The van der Waals surface area contributed by atoms with E-state index in [1.165, 1.54) is 0 Å². The summed E-state index contributed by atoms with van der Waals surface area (Å²) in [6, 6.07) is 9.70. The predicted molar refractivity (Wildman–Crippen MR) is 68.2 cm³/mol. The number of rotatable bonds is 5. The van der Waals surface area contributed by atoms with Gasteiger partial charge < -0.3 is 4.74 Å². The zero-order valence-corrected chi connectivity index (χ0v) is 10.2. The van der Waals surface area contributed by atoms with Crippen LogP contribution in [0.1, 0.15) is 38.2 Å². The summed E-state index contributed by atoms with van der Waals surface area (Å²) in [7, 11) is 0. The monoisotopic (exact) mass is 230 g/mol. The van der Waals surface area contributed by atoms with Crippen LogP contribution in [0.4, 0.5) is 0 Å². The fourth-order valence-corrected chi connectivity index (χ4v) is 1.34. The predicted octanol–water partition coefficient (Wildman–Crippen LogP) is 3.31. The Balaban J connectivity index is 2.13. The van der Waals surface area contributed by atoms with E-state index >= 15 is 0 Å². The molecule has 0 saturated carbocycles. The topological polar surface area (TPSA) is 26.3 Å². The molecule has 0 aromatic heterocycles. The fraction of sp³-hybridized carbons (Fsp3) is 0.400. The molecular weight excluding hydrogens is 212 g/mol. The zero-order valence-electron chi connectivity index (χ0n) is 10.2. The molecule has 17 heavy (non-hydrogen) atoms. The van der Waals surface area contributed by atoms with Crippen molar-refractivity contribution in [2.75, 3.05) is 0 Å². The van der Waals surface area contributed by atoms with Crippen LogP contribution in [-0.4, -0.2) is 5.97 Å². The van der Waals surface area contributed by atoms with E-state index in [1.807, 2.05) is 37.3 Å². The maximum Gasteiger partial charge on any atom is 0.306 e. The Morgan fingerprint density at radius 3 is 2.71 bits per heavy atom. The van der Waals surface area contributed by atoms with Gasteiger partial charge in [0.05, 0.1) is 0 Å². The molecule has 1 aromatic carbocycles. The number of hydrogen-bond donors (Lipinski definition) is 0. The third-order valence-corrected chi connectivity index (χ3v) is 2.23. The second-order valence-electron chi connectivity index (χ2n) is 3.71. The molecule has 0 spiro atoms. The highest BCUT2D eigenvalue weighted by Crippen LogP contribution is 2.03. The maximum absolute atomic E-state index is 11.4. The van der Waals surface area contributed by atoms with Crippen molar-refractivity contribution in [1.29, 1.82) is 0 Å². The normalized spacial score (nSPS) is 9.24. The minimum absolute atomic E-state index is 0.146. The number of ether oxygens (including phenoxy) is 1. The fourth-order valence-electron chi connectivity index (χ4n) is 1.34. The van der Waals surface area contributed by atoms with E-state index in [4.69, 9.17) is 4.74 Å². The van der Waals surface area contributed by atoms with Crippen LogP contribution in [0, 0.1) is 11.8 Å². The molecule has 0 unspecified atom stereocenters. The standard InChI is InChI=1S/C15H18O2/c1-2-3-4-5-9-12-15(16)17-13-14-10-7-6-8-11-14/h6-8,10-11H,2,5,9,12-13H2,1H3. The number of carbonyl (C=O) groups excluding carboxylic acids is 1. The minimum Gasteiger partial charge on any atom is -0.461 e. The number of hydrogen-bond acceptors (Lipinski definition) is 2. The van der Waals surface area contributed by atoms with Gasteiger partial charge in [-0.1, -0.05) is 37.3 Å². The lowest BCUT2D eigenvalue weighted by Gasteiger charge is -2.03. The molecule has 0 aliphatic rings. The van der Waals surface area contributed by atoms with E-state index in [2.05, 4.69) is 11.8 Å². The van der Waals surface area contributed by atoms with Gasteiger partial charge in [-0.05, 0) is 12.0 Å². The van der Waals surface area contributed by atoms with Crippen molar-refractivity contribution < 1.29 is 9.53 Å². The molecule has 1 aromatic rings. The first-order valence-electron chi connectivity index (χ1n) is 5.98. The molecule has 0 N–H and O–H groups in total. The van der Waals surface area contributed by atoms with Gasteiger partial charge in [0.15, 0.2) is 0 Å². The molecule has 0 bridgehead atoms. The summed E-state index contributed by atoms with van der Waals surface area (Å²) in [6.45, 7) is 2.38. The SMILES string of the molecule is CCC#CCCCC(=O)OCc1ccccc1. The average molecular weight is 230 g/mol. The highest BCUT2D eigenvalue weighted by Gasteiger charge is 2.01. The lowest BCUT2D eigenvalue weighted by atomic mass is 10.2. The second-order valence-corrected chi connectivity index (χ2v) is 3.71. The van der Waals surface area contributed by atoms with Crippen molar-refractivity contribution in [2.45, 2.75) is 39.2 Å². The molecule has 0 radical (unpaired) electrons. The van der Waals surface area contributed by atoms with Crippen molar-refractivity contribution >= 4 is 5.97 Å². The van der Waals surface area contributed by atoms with Crippen LogP contribution < -0.4 is 0 Å². The van der Waals surface area contributed by atoms with E-state index < -0.39 is 0 Å². The summed E-state index contributed by atoms with van der Waals surface area (Å²) in [6.07, 6.45) is 2.87. The summed E-state index contributed by atoms with van der Waals surface area (Å²) in [5, 5.41) is 0. The molecule has 0 amide bonds. The first-order valence-corrected chi connectivity index (χ1v) is 5.98. The molecule has 2 nitrogen and oxygen atoms in total. The first kappa shape index (κ1) is 13.3. The van der Waals surface area contributed by atoms with E-state index in [-0.39, 0.29) is 5.97 Å². The Kier molecular flexibility index (Phi) is 6.59. The van der Waals surface area contributed by atoms with Crippen LogP contribution in [0.25, 0.3) is 0 Å². The van der Waals surface area contributed by atoms with Crippen molar-refractivity contribution in [3.05, 3.63) is 35.9 Å². The summed E-state index contributed by atoms with van der Waals surface area (Å²) in [5.74, 6) is 5.84. The Morgan fingerprint density at radius 1 is 1.24 bits per heavy atom. The summed E-state index contributed by atoms with van der Waals surface area (Å²) in [5.41, 5.74) is 1.02. The quantitative estimate of drug-likeness (QED) is 0.440. The molecule has 0 heterocycles. The van der Waals surface area contributed by atoms with Crippen LogP contribution in [0.3, 0.4) is 0 Å². The first-order chi connectivity index (χ1) is 8.33. The molecule has 0 aliphatic heterocycles. The van der Waals surface area contributed by atoms with Crippen LogP contribution in [-0.2, 0) is 16.1 Å². The number of carbonyl (C=O) groups is 1. The van der Waals surface area contributed by atoms with E-state index in [1.54, 1.807) is 0 Å². The van der Waals surface area contributed by atoms with Gasteiger partial charge in [-0.3, -0.25) is 4.79 Å². The van der Waals surface area contributed by atoms with Gasteiger partial charge in [0, 0.05) is 19.3 Å². The van der Waals surface area contributed by atoms with Gasteiger partial charge in [0.1, 0.15) is 6.61 Å². The van der Waals surface area contributed by atoms with Crippen molar-refractivity contribution in [3.63, 3.8) is 0 Å².